The molecule has 3 nitrogen and oxygen atoms in total. The first kappa shape index (κ1) is 15.4. The summed E-state index contributed by atoms with van der Waals surface area (Å²) in [4.78, 5) is 12.1. The molecule has 0 bridgehead atoms. The first-order valence-electron chi connectivity index (χ1n) is 7.61. The lowest BCUT2D eigenvalue weighted by Gasteiger charge is -2.17. The molecule has 1 aliphatic carbocycles. The van der Waals surface area contributed by atoms with Crippen LogP contribution in [-0.2, 0) is 11.2 Å². The van der Waals surface area contributed by atoms with E-state index < -0.39 is 6.10 Å². The van der Waals surface area contributed by atoms with Gasteiger partial charge in [0.2, 0.25) is 5.91 Å². The molecule has 4 heteroatoms. The van der Waals surface area contributed by atoms with Gasteiger partial charge in [0.15, 0.2) is 0 Å². The van der Waals surface area contributed by atoms with Crippen LogP contribution in [0.5, 0.6) is 0 Å². The monoisotopic (exact) mass is 311 g/mol. The molecule has 0 aliphatic heterocycles. The Bertz CT molecular complexity index is 742. The fourth-order valence-corrected chi connectivity index (χ4v) is 2.89. The number of fused-ring (bicyclic) bond motifs is 1. The van der Waals surface area contributed by atoms with Crippen molar-refractivity contribution in [1.29, 1.82) is 0 Å². The van der Waals surface area contributed by atoms with E-state index in [9.17, 15) is 14.3 Å². The van der Waals surface area contributed by atoms with Crippen molar-refractivity contribution in [1.82, 2.24) is 5.32 Å². The van der Waals surface area contributed by atoms with Crippen molar-refractivity contribution < 1.29 is 14.3 Å². The van der Waals surface area contributed by atoms with Gasteiger partial charge in [-0.2, -0.15) is 0 Å². The molecule has 2 N–H and O–H groups in total. The van der Waals surface area contributed by atoms with Crippen molar-refractivity contribution >= 4 is 12.0 Å². The van der Waals surface area contributed by atoms with Gasteiger partial charge < -0.3 is 10.4 Å². The highest BCUT2D eigenvalue weighted by Gasteiger charge is 2.31. The normalized spacial score (nSPS) is 19.7. The molecule has 118 valence electrons. The van der Waals surface area contributed by atoms with E-state index in [-0.39, 0.29) is 24.2 Å². The van der Waals surface area contributed by atoms with Crippen LogP contribution >= 0.6 is 0 Å². The molecule has 1 amide bonds. The van der Waals surface area contributed by atoms with E-state index in [1.165, 1.54) is 12.1 Å². The van der Waals surface area contributed by atoms with Crippen LogP contribution in [0.1, 0.15) is 29.2 Å². The predicted octanol–water partition coefficient (Wildman–Crippen LogP) is 3.00. The van der Waals surface area contributed by atoms with E-state index in [1.54, 1.807) is 24.3 Å². The van der Waals surface area contributed by atoms with Crippen molar-refractivity contribution in [2.45, 2.75) is 25.0 Å². The molecule has 1 aliphatic rings. The summed E-state index contributed by atoms with van der Waals surface area (Å²) < 4.78 is 13.1. The van der Waals surface area contributed by atoms with E-state index >= 15 is 0 Å². The molecular weight excluding hydrogens is 293 g/mol. The van der Waals surface area contributed by atoms with Crippen LogP contribution in [-0.4, -0.2) is 17.1 Å². The van der Waals surface area contributed by atoms with Crippen LogP contribution in [0.3, 0.4) is 0 Å². The standard InChI is InChI=1S/C19H18FNO2/c20-15-8-3-5-13(11-15)6-4-10-18(23)21-19-16-9-2-1-7-14(16)12-17(19)22/h1-9,11,17,19,22H,10,12H2,(H,21,23)/b6-4+. The lowest BCUT2D eigenvalue weighted by atomic mass is 10.1. The average molecular weight is 311 g/mol. The summed E-state index contributed by atoms with van der Waals surface area (Å²) in [5.41, 5.74) is 2.76. The summed E-state index contributed by atoms with van der Waals surface area (Å²) in [6.45, 7) is 0. The number of aliphatic hydroxyl groups is 1. The molecule has 2 aromatic carbocycles. The maximum atomic E-state index is 13.1. The highest BCUT2D eigenvalue weighted by molar-refractivity contribution is 5.79. The number of hydrogen-bond donors (Lipinski definition) is 2. The summed E-state index contributed by atoms with van der Waals surface area (Å²) in [6, 6.07) is 13.6. The van der Waals surface area contributed by atoms with Crippen molar-refractivity contribution in [2.24, 2.45) is 0 Å². The molecule has 0 saturated heterocycles. The Morgan fingerprint density at radius 1 is 1.26 bits per heavy atom. The maximum absolute atomic E-state index is 13.1. The highest BCUT2D eigenvalue weighted by atomic mass is 19.1. The SMILES string of the molecule is O=C(C/C=C/c1cccc(F)c1)NC1c2ccccc2CC1O. The fourth-order valence-electron chi connectivity index (χ4n) is 2.89. The summed E-state index contributed by atoms with van der Waals surface area (Å²) in [7, 11) is 0. The van der Waals surface area contributed by atoms with Crippen molar-refractivity contribution in [3.8, 4) is 0 Å². The van der Waals surface area contributed by atoms with E-state index in [2.05, 4.69) is 5.32 Å². The Balaban J connectivity index is 1.60. The van der Waals surface area contributed by atoms with Gasteiger partial charge in [-0.3, -0.25) is 4.79 Å². The number of rotatable bonds is 4. The number of carbonyl (C=O) groups is 1. The van der Waals surface area contributed by atoms with E-state index in [0.29, 0.717) is 12.0 Å². The summed E-state index contributed by atoms with van der Waals surface area (Å²) in [5, 5.41) is 13.0. The molecule has 0 saturated carbocycles. The fraction of sp³-hybridized carbons (Fsp3) is 0.211. The molecule has 2 unspecified atom stereocenters. The number of carbonyl (C=O) groups excluding carboxylic acids is 1. The van der Waals surface area contributed by atoms with Crippen LogP contribution in [0.15, 0.2) is 54.6 Å². The Labute approximate surface area is 134 Å². The smallest absolute Gasteiger partial charge is 0.224 e. The van der Waals surface area contributed by atoms with Crippen LogP contribution in [0.25, 0.3) is 6.08 Å². The van der Waals surface area contributed by atoms with E-state index in [0.717, 1.165) is 11.1 Å². The minimum absolute atomic E-state index is 0.168. The molecule has 0 radical (unpaired) electrons. The molecular formula is C19H18FNO2. The Morgan fingerprint density at radius 3 is 2.91 bits per heavy atom. The minimum Gasteiger partial charge on any atom is -0.390 e. The Hall–Kier alpha value is -2.46. The number of amides is 1. The lowest BCUT2D eigenvalue weighted by molar-refractivity contribution is -0.121. The van der Waals surface area contributed by atoms with Gasteiger partial charge in [-0.1, -0.05) is 48.6 Å². The second kappa shape index (κ2) is 6.75. The highest BCUT2D eigenvalue weighted by Crippen LogP contribution is 2.31. The van der Waals surface area contributed by atoms with Crippen LogP contribution in [0.2, 0.25) is 0 Å². The van der Waals surface area contributed by atoms with Crippen LogP contribution in [0.4, 0.5) is 4.39 Å². The zero-order valence-corrected chi connectivity index (χ0v) is 12.6. The molecule has 2 aromatic rings. The summed E-state index contributed by atoms with van der Waals surface area (Å²) in [5.74, 6) is -0.472. The third-order valence-electron chi connectivity index (χ3n) is 3.98. The lowest BCUT2D eigenvalue weighted by Crippen LogP contribution is -2.33. The number of benzene rings is 2. The third-order valence-corrected chi connectivity index (χ3v) is 3.98. The summed E-state index contributed by atoms with van der Waals surface area (Å²) >= 11 is 0. The largest absolute Gasteiger partial charge is 0.390 e. The third kappa shape index (κ3) is 3.66. The molecule has 0 spiro atoms. The average Bonchev–Trinajstić information content (AvgIpc) is 2.83. The quantitative estimate of drug-likeness (QED) is 0.912. The first-order chi connectivity index (χ1) is 11.1. The number of nitrogens with one attached hydrogen (secondary N) is 1. The van der Waals surface area contributed by atoms with E-state index in [1.807, 2.05) is 24.3 Å². The Morgan fingerprint density at radius 2 is 2.09 bits per heavy atom. The van der Waals surface area contributed by atoms with Crippen LogP contribution < -0.4 is 5.32 Å². The van der Waals surface area contributed by atoms with Gasteiger partial charge in [0.25, 0.3) is 0 Å². The van der Waals surface area contributed by atoms with Gasteiger partial charge in [-0.25, -0.2) is 4.39 Å². The molecule has 23 heavy (non-hydrogen) atoms. The topological polar surface area (TPSA) is 49.3 Å². The number of aliphatic hydroxyl groups excluding tert-OH is 1. The second-order valence-corrected chi connectivity index (χ2v) is 5.68. The van der Waals surface area contributed by atoms with Gasteiger partial charge in [-0.15, -0.1) is 0 Å². The maximum Gasteiger partial charge on any atom is 0.224 e. The predicted molar refractivity (Wildman–Crippen MR) is 87.1 cm³/mol. The van der Waals surface area contributed by atoms with Crippen molar-refractivity contribution in [3.05, 3.63) is 77.1 Å². The number of halogens is 1. The molecule has 0 fully saturated rings. The molecule has 0 heterocycles. The number of hydrogen-bond acceptors (Lipinski definition) is 2. The van der Waals surface area contributed by atoms with Crippen LogP contribution in [0, 0.1) is 5.82 Å². The molecule has 0 aromatic heterocycles. The van der Waals surface area contributed by atoms with Gasteiger partial charge in [0.05, 0.1) is 12.1 Å². The van der Waals surface area contributed by atoms with Gasteiger partial charge in [0, 0.05) is 12.8 Å². The van der Waals surface area contributed by atoms with E-state index in [4.69, 9.17) is 0 Å². The van der Waals surface area contributed by atoms with Crippen molar-refractivity contribution in [2.75, 3.05) is 0 Å². The molecule has 3 rings (SSSR count). The second-order valence-electron chi connectivity index (χ2n) is 5.68. The first-order valence-corrected chi connectivity index (χ1v) is 7.61. The van der Waals surface area contributed by atoms with Gasteiger partial charge >= 0.3 is 0 Å². The Kier molecular flexibility index (Phi) is 4.53. The minimum atomic E-state index is -0.594. The molecule has 2 atom stereocenters. The van der Waals surface area contributed by atoms with Gasteiger partial charge in [-0.05, 0) is 28.8 Å². The zero-order valence-electron chi connectivity index (χ0n) is 12.6. The zero-order chi connectivity index (χ0) is 16.2. The van der Waals surface area contributed by atoms with Crippen molar-refractivity contribution in [3.63, 3.8) is 0 Å². The summed E-state index contributed by atoms with van der Waals surface area (Å²) in [6.07, 6.45) is 3.55. The van der Waals surface area contributed by atoms with Gasteiger partial charge in [0.1, 0.15) is 5.82 Å².